The van der Waals surface area contributed by atoms with E-state index in [0.29, 0.717) is 23.2 Å². The van der Waals surface area contributed by atoms with Crippen LogP contribution >= 0.6 is 0 Å². The molecule has 4 rings (SSSR count). The lowest BCUT2D eigenvalue weighted by atomic mass is 9.44. The van der Waals surface area contributed by atoms with E-state index in [4.69, 9.17) is 4.74 Å². The van der Waals surface area contributed by atoms with Gasteiger partial charge in [0.05, 0.1) is 13.2 Å². The molecule has 2 unspecified atom stereocenters. The van der Waals surface area contributed by atoms with Crippen LogP contribution in [0.4, 0.5) is 0 Å². The lowest BCUT2D eigenvalue weighted by Gasteiger charge is -2.61. The van der Waals surface area contributed by atoms with Crippen LogP contribution in [0.15, 0.2) is 0 Å². The van der Waals surface area contributed by atoms with E-state index in [-0.39, 0.29) is 12.1 Å². The van der Waals surface area contributed by atoms with Gasteiger partial charge in [-0.15, -0.1) is 0 Å². The highest BCUT2D eigenvalue weighted by Crippen LogP contribution is 2.68. The number of ether oxygens (including phenoxy) is 1. The Morgan fingerprint density at radius 1 is 1.04 bits per heavy atom. The molecule has 4 saturated carbocycles. The summed E-state index contributed by atoms with van der Waals surface area (Å²) in [5, 5.41) is 10.2. The second kappa shape index (κ2) is 7.60. The van der Waals surface area contributed by atoms with Crippen LogP contribution in [0, 0.1) is 46.3 Å². The van der Waals surface area contributed by atoms with Crippen LogP contribution in [0.3, 0.4) is 0 Å². The third-order valence-electron chi connectivity index (χ3n) is 10.4. The van der Waals surface area contributed by atoms with Gasteiger partial charge < -0.3 is 9.84 Å². The van der Waals surface area contributed by atoms with E-state index in [0.717, 1.165) is 48.9 Å². The number of carbonyl (C=O) groups excluding carboxylic acids is 1. The highest BCUT2D eigenvalue weighted by atomic mass is 16.5. The van der Waals surface area contributed by atoms with Gasteiger partial charge in [-0.2, -0.15) is 0 Å². The lowest BCUT2D eigenvalue weighted by Crippen LogP contribution is -2.54. The molecule has 0 heterocycles. The van der Waals surface area contributed by atoms with Crippen LogP contribution in [0.25, 0.3) is 0 Å². The standard InChI is InChI=1S/C25H42O3/c1-16(5-10-23(27)28-4)20-8-9-21-19-7-6-17-15-18(26)11-13-24(17,2)22(19)12-14-25(20,21)3/h16-22,26H,5-15H2,1-4H3/t16?,17-,18-,19+,20?,21+,22+,24+,25-/m1/s1. The molecule has 0 bridgehead atoms. The van der Waals surface area contributed by atoms with E-state index in [1.54, 1.807) is 0 Å². The molecule has 3 heteroatoms. The monoisotopic (exact) mass is 390 g/mol. The first-order chi connectivity index (χ1) is 13.3. The Labute approximate surface area is 172 Å². The summed E-state index contributed by atoms with van der Waals surface area (Å²) >= 11 is 0. The molecule has 0 spiro atoms. The number of aliphatic hydroxyl groups is 1. The minimum Gasteiger partial charge on any atom is -0.469 e. The Bertz CT molecular complexity index is 588. The Hall–Kier alpha value is -0.570. The van der Waals surface area contributed by atoms with Gasteiger partial charge in [0.1, 0.15) is 0 Å². The number of hydrogen-bond donors (Lipinski definition) is 1. The van der Waals surface area contributed by atoms with Crippen molar-refractivity contribution in [1.29, 1.82) is 0 Å². The number of methoxy groups -OCH3 is 1. The summed E-state index contributed by atoms with van der Waals surface area (Å²) in [5.41, 5.74) is 0.937. The normalized spacial score (nSPS) is 48.9. The maximum absolute atomic E-state index is 11.6. The first-order valence-corrected chi connectivity index (χ1v) is 12.0. The Morgan fingerprint density at radius 3 is 2.50 bits per heavy atom. The molecule has 4 aliphatic carbocycles. The highest BCUT2D eigenvalue weighted by molar-refractivity contribution is 5.69. The van der Waals surface area contributed by atoms with Gasteiger partial charge in [0.2, 0.25) is 0 Å². The van der Waals surface area contributed by atoms with E-state index in [9.17, 15) is 9.90 Å². The van der Waals surface area contributed by atoms with Gasteiger partial charge in [-0.1, -0.05) is 20.8 Å². The van der Waals surface area contributed by atoms with Gasteiger partial charge in [-0.25, -0.2) is 0 Å². The number of hydrogen-bond acceptors (Lipinski definition) is 3. The Balaban J connectivity index is 1.48. The maximum atomic E-state index is 11.6. The molecule has 0 aromatic rings. The molecule has 28 heavy (non-hydrogen) atoms. The third kappa shape index (κ3) is 3.24. The molecule has 0 saturated heterocycles. The highest BCUT2D eigenvalue weighted by Gasteiger charge is 2.60. The number of fused-ring (bicyclic) bond motifs is 5. The summed E-state index contributed by atoms with van der Waals surface area (Å²) in [7, 11) is 1.50. The van der Waals surface area contributed by atoms with Crippen LogP contribution in [0.5, 0.6) is 0 Å². The molecule has 0 amide bonds. The van der Waals surface area contributed by atoms with Crippen molar-refractivity contribution >= 4 is 5.97 Å². The second-order valence-electron chi connectivity index (χ2n) is 11.4. The molecule has 1 N–H and O–H groups in total. The van der Waals surface area contributed by atoms with Crippen molar-refractivity contribution in [3.63, 3.8) is 0 Å². The van der Waals surface area contributed by atoms with Crippen LogP contribution < -0.4 is 0 Å². The van der Waals surface area contributed by atoms with Crippen molar-refractivity contribution in [1.82, 2.24) is 0 Å². The molecular weight excluding hydrogens is 348 g/mol. The topological polar surface area (TPSA) is 46.5 Å². The fourth-order valence-corrected chi connectivity index (χ4v) is 8.86. The van der Waals surface area contributed by atoms with Gasteiger partial charge in [0.25, 0.3) is 0 Å². The van der Waals surface area contributed by atoms with Crippen LogP contribution in [-0.4, -0.2) is 24.3 Å². The van der Waals surface area contributed by atoms with Gasteiger partial charge in [0.15, 0.2) is 0 Å². The average molecular weight is 391 g/mol. The number of carbonyl (C=O) groups is 1. The predicted molar refractivity (Wildman–Crippen MR) is 112 cm³/mol. The van der Waals surface area contributed by atoms with Crippen molar-refractivity contribution in [2.45, 2.75) is 97.5 Å². The van der Waals surface area contributed by atoms with Gasteiger partial charge >= 0.3 is 5.97 Å². The summed E-state index contributed by atoms with van der Waals surface area (Å²) in [6, 6.07) is 0. The van der Waals surface area contributed by atoms with Crippen LogP contribution in [0.1, 0.15) is 91.4 Å². The van der Waals surface area contributed by atoms with E-state index in [1.165, 1.54) is 52.1 Å². The molecule has 9 atom stereocenters. The Morgan fingerprint density at radius 2 is 1.75 bits per heavy atom. The molecule has 0 aliphatic heterocycles. The molecule has 4 fully saturated rings. The molecule has 160 valence electrons. The van der Waals surface area contributed by atoms with Crippen molar-refractivity contribution < 1.29 is 14.6 Å². The van der Waals surface area contributed by atoms with Gasteiger partial charge in [-0.3, -0.25) is 4.79 Å². The van der Waals surface area contributed by atoms with E-state index < -0.39 is 0 Å². The average Bonchev–Trinajstić information content (AvgIpc) is 3.03. The molecule has 0 radical (unpaired) electrons. The summed E-state index contributed by atoms with van der Waals surface area (Å²) in [5.74, 6) is 4.72. The second-order valence-corrected chi connectivity index (χ2v) is 11.4. The first-order valence-electron chi connectivity index (χ1n) is 12.0. The van der Waals surface area contributed by atoms with E-state index >= 15 is 0 Å². The van der Waals surface area contributed by atoms with Crippen molar-refractivity contribution in [3.8, 4) is 0 Å². The summed E-state index contributed by atoms with van der Waals surface area (Å²) in [4.78, 5) is 11.6. The quantitative estimate of drug-likeness (QED) is 0.636. The zero-order valence-electron chi connectivity index (χ0n) is 18.6. The molecule has 0 aromatic carbocycles. The summed E-state index contributed by atoms with van der Waals surface area (Å²) < 4.78 is 4.88. The van der Waals surface area contributed by atoms with Crippen molar-refractivity contribution in [2.75, 3.05) is 7.11 Å². The van der Waals surface area contributed by atoms with Crippen molar-refractivity contribution in [2.24, 2.45) is 46.3 Å². The molecule has 4 aliphatic rings. The summed E-state index contributed by atoms with van der Waals surface area (Å²) in [6.07, 6.45) is 13.1. The fraction of sp³-hybridized carbons (Fsp3) is 0.960. The van der Waals surface area contributed by atoms with E-state index in [2.05, 4.69) is 20.8 Å². The third-order valence-corrected chi connectivity index (χ3v) is 10.4. The molecule has 0 aromatic heterocycles. The zero-order valence-corrected chi connectivity index (χ0v) is 18.6. The maximum Gasteiger partial charge on any atom is 0.305 e. The van der Waals surface area contributed by atoms with Crippen molar-refractivity contribution in [3.05, 3.63) is 0 Å². The number of rotatable bonds is 4. The van der Waals surface area contributed by atoms with E-state index in [1.807, 2.05) is 0 Å². The molecule has 3 nitrogen and oxygen atoms in total. The van der Waals surface area contributed by atoms with Gasteiger partial charge in [0, 0.05) is 6.42 Å². The molecular formula is C25H42O3. The lowest BCUT2D eigenvalue weighted by molar-refractivity contribution is -0.141. The largest absolute Gasteiger partial charge is 0.469 e. The first kappa shape index (κ1) is 20.7. The fourth-order valence-electron chi connectivity index (χ4n) is 8.86. The van der Waals surface area contributed by atoms with Crippen LogP contribution in [-0.2, 0) is 9.53 Å². The minimum absolute atomic E-state index is 0.0463. The summed E-state index contributed by atoms with van der Waals surface area (Å²) in [6.45, 7) is 7.56. The smallest absolute Gasteiger partial charge is 0.305 e. The Kier molecular flexibility index (Phi) is 5.61. The zero-order chi connectivity index (χ0) is 20.1. The predicted octanol–water partition coefficient (Wildman–Crippen LogP) is 5.60. The number of esters is 1. The van der Waals surface area contributed by atoms with Crippen LogP contribution in [0.2, 0.25) is 0 Å². The SMILES string of the molecule is COC(=O)CCC(C)C1CC[C@H]2[C@@H]3CC[C@@H]4C[C@H](O)CC[C@]4(C)[C@H]3CC[C@]12C. The van der Waals surface area contributed by atoms with Gasteiger partial charge in [-0.05, 0) is 111 Å². The number of aliphatic hydroxyl groups excluding tert-OH is 1. The minimum atomic E-state index is -0.0546.